The molecule has 0 radical (unpaired) electrons. The van der Waals surface area contributed by atoms with E-state index in [4.69, 9.17) is 9.47 Å². The Hall–Kier alpha value is -8.82. The van der Waals surface area contributed by atoms with E-state index < -0.39 is 47.0 Å². The summed E-state index contributed by atoms with van der Waals surface area (Å²) in [7, 11) is 0. The molecule has 0 unspecified atom stereocenters. The number of aryl methyl sites for hydroxylation is 2. The van der Waals surface area contributed by atoms with E-state index in [9.17, 15) is 60.2 Å². The van der Waals surface area contributed by atoms with Crippen molar-refractivity contribution in [1.29, 1.82) is 0 Å². The Morgan fingerprint density at radius 1 is 0.579 bits per heavy atom. The highest BCUT2D eigenvalue weighted by Crippen LogP contribution is 2.34. The summed E-state index contributed by atoms with van der Waals surface area (Å²) in [4.78, 5) is 82.1. The SMILES string of the molecule is CC(=O)c1c2n(c3cc(-c4cc(NC(=O)c5ccnc(C(F)(F)F)c5)ccc4C)ccc3c1=O)CCOC2.Cc1ccc(NC(=O)c2ccnc(C(F)(F)F)c2)cc1-c1ccc2c(=O)c(C(=O)O)c3n(c2c1)CCOC3. The van der Waals surface area contributed by atoms with E-state index in [0.717, 1.165) is 34.6 Å². The first-order valence-corrected chi connectivity index (χ1v) is 23.3. The van der Waals surface area contributed by atoms with Gasteiger partial charge in [0.15, 0.2) is 5.78 Å². The Morgan fingerprint density at radius 3 is 1.41 bits per heavy atom. The molecule has 388 valence electrons. The maximum absolute atomic E-state index is 13.1. The first-order chi connectivity index (χ1) is 36.1. The highest BCUT2D eigenvalue weighted by Gasteiger charge is 2.34. The number of carbonyl (C=O) groups is 4. The van der Waals surface area contributed by atoms with Gasteiger partial charge in [-0.2, -0.15) is 26.3 Å². The number of hydrogen-bond donors (Lipinski definition) is 3. The molecule has 0 saturated heterocycles. The number of carboxylic acid groups (broad SMARTS) is 1. The molecule has 0 spiro atoms. The number of anilines is 2. The van der Waals surface area contributed by atoms with Crippen LogP contribution in [0.4, 0.5) is 37.7 Å². The van der Waals surface area contributed by atoms with Gasteiger partial charge in [0.25, 0.3) is 11.8 Å². The van der Waals surface area contributed by atoms with Gasteiger partial charge in [0.05, 0.1) is 54.4 Å². The third-order valence-corrected chi connectivity index (χ3v) is 12.9. The fourth-order valence-electron chi connectivity index (χ4n) is 9.25. The number of pyridine rings is 4. The summed E-state index contributed by atoms with van der Waals surface area (Å²) >= 11 is 0. The molecule has 4 aromatic carbocycles. The first kappa shape index (κ1) is 52.1. The lowest BCUT2D eigenvalue weighted by atomic mass is 9.96. The van der Waals surface area contributed by atoms with Crippen molar-refractivity contribution in [2.45, 2.75) is 59.4 Å². The average molecular weight is 1040 g/mol. The molecule has 0 saturated carbocycles. The van der Waals surface area contributed by atoms with Crippen LogP contribution in [0.2, 0.25) is 0 Å². The zero-order valence-corrected chi connectivity index (χ0v) is 40.4. The minimum absolute atomic E-state index is 0.00262. The molecule has 21 heteroatoms. The number of benzene rings is 4. The number of carbonyl (C=O) groups excluding carboxylic acids is 3. The van der Waals surface area contributed by atoms with Gasteiger partial charge < -0.3 is 34.3 Å². The molecule has 2 amide bonds. The summed E-state index contributed by atoms with van der Waals surface area (Å²) in [6.45, 7) is 6.93. The van der Waals surface area contributed by atoms with Crippen molar-refractivity contribution in [1.82, 2.24) is 19.1 Å². The van der Waals surface area contributed by atoms with Crippen molar-refractivity contribution in [2.75, 3.05) is 23.8 Å². The number of rotatable bonds is 8. The van der Waals surface area contributed by atoms with Crippen LogP contribution in [-0.2, 0) is 48.1 Å². The Morgan fingerprint density at radius 2 is 1.00 bits per heavy atom. The lowest BCUT2D eigenvalue weighted by molar-refractivity contribution is -0.142. The van der Waals surface area contributed by atoms with Crippen molar-refractivity contribution in [3.05, 3.63) is 186 Å². The topological polar surface area (TPSA) is 201 Å². The normalized spacial score (nSPS) is 13.3. The van der Waals surface area contributed by atoms with Gasteiger partial charge in [-0.3, -0.25) is 33.9 Å². The lowest BCUT2D eigenvalue weighted by Crippen LogP contribution is -2.29. The third-order valence-electron chi connectivity index (χ3n) is 12.9. The fraction of sp³-hybridized carbons (Fsp3) is 0.200. The largest absolute Gasteiger partial charge is 0.477 e. The molecule has 0 bridgehead atoms. The van der Waals surface area contributed by atoms with Gasteiger partial charge >= 0.3 is 18.3 Å². The molecule has 15 nitrogen and oxygen atoms in total. The molecule has 76 heavy (non-hydrogen) atoms. The van der Waals surface area contributed by atoms with Crippen molar-refractivity contribution in [2.24, 2.45) is 0 Å². The molecule has 0 fully saturated rings. The van der Waals surface area contributed by atoms with E-state index in [1.54, 1.807) is 71.3 Å². The highest BCUT2D eigenvalue weighted by atomic mass is 19.4. The number of amides is 2. The molecule has 0 aliphatic carbocycles. The summed E-state index contributed by atoms with van der Waals surface area (Å²) in [6.07, 6.45) is -7.47. The number of fused-ring (bicyclic) bond motifs is 6. The van der Waals surface area contributed by atoms with E-state index >= 15 is 0 Å². The Labute approximate surface area is 426 Å². The number of Topliss-reactive ketones (excluding diaryl/α,β-unsaturated/α-hetero) is 1. The molecule has 10 rings (SSSR count). The molecule has 0 atom stereocenters. The van der Waals surface area contributed by atoms with Gasteiger partial charge in [-0.15, -0.1) is 0 Å². The van der Waals surface area contributed by atoms with Crippen molar-refractivity contribution in [3.63, 3.8) is 0 Å². The smallest absolute Gasteiger partial charge is 0.433 e. The number of aromatic carboxylic acids is 1. The standard InChI is InChI=1S/C28H22F3N3O4.C27H20F3N3O5/c1-15-3-5-19(33-27(37)18-7-8-32-24(12-18)28(29,30)31)13-21(15)17-4-6-20-22(11-17)34-9-10-38-14-23(34)25(16(2)35)26(20)36;1-14-2-4-17(32-25(35)16-6-7-31-22(11-16)27(28,29)30)12-19(14)15-3-5-18-20(10-15)33-8-9-38-13-21(33)23(24(18)34)26(36)37/h3-8,11-13H,9-10,14H2,1-2H3,(H,33,37);2-7,10-12H,8-9,13H2,1H3,(H,32,35)(H,36,37). The van der Waals surface area contributed by atoms with Gasteiger partial charge in [-0.1, -0.05) is 24.3 Å². The number of hydrogen-bond acceptors (Lipinski definition) is 10. The van der Waals surface area contributed by atoms with Gasteiger partial charge in [0.2, 0.25) is 10.9 Å². The predicted octanol–water partition coefficient (Wildman–Crippen LogP) is 10.2. The quantitative estimate of drug-likeness (QED) is 0.0966. The summed E-state index contributed by atoms with van der Waals surface area (Å²) in [5, 5.41) is 15.6. The van der Waals surface area contributed by atoms with Crippen LogP contribution in [-0.4, -0.2) is 61.0 Å². The van der Waals surface area contributed by atoms with Crippen LogP contribution < -0.4 is 21.5 Å². The minimum Gasteiger partial charge on any atom is -0.477 e. The summed E-state index contributed by atoms with van der Waals surface area (Å²) in [6, 6.07) is 24.4. The summed E-state index contributed by atoms with van der Waals surface area (Å²) in [5.74, 6) is -3.06. The van der Waals surface area contributed by atoms with Crippen LogP contribution in [0.1, 0.15) is 82.3 Å². The molecule has 8 aromatic rings. The Bertz CT molecular complexity index is 3600. The fourth-order valence-corrected chi connectivity index (χ4v) is 9.25. The second kappa shape index (κ2) is 20.5. The average Bonchev–Trinajstić information content (AvgIpc) is 3.43. The Kier molecular flexibility index (Phi) is 14.0. The van der Waals surface area contributed by atoms with Crippen molar-refractivity contribution < 1.29 is 60.1 Å². The molecule has 6 heterocycles. The van der Waals surface area contributed by atoms with Crippen molar-refractivity contribution >= 4 is 56.7 Å². The van der Waals surface area contributed by atoms with Crippen molar-refractivity contribution in [3.8, 4) is 22.3 Å². The van der Waals surface area contributed by atoms with Gasteiger partial charge in [0.1, 0.15) is 17.0 Å². The van der Waals surface area contributed by atoms with Crippen LogP contribution in [0, 0.1) is 13.8 Å². The third kappa shape index (κ3) is 10.3. The van der Waals surface area contributed by atoms with E-state index in [2.05, 4.69) is 20.6 Å². The van der Waals surface area contributed by atoms with Crippen LogP contribution in [0.3, 0.4) is 0 Å². The van der Waals surface area contributed by atoms with Gasteiger partial charge in [0, 0.05) is 58.8 Å². The first-order valence-electron chi connectivity index (χ1n) is 23.3. The molecule has 2 aliphatic heterocycles. The number of alkyl halides is 6. The summed E-state index contributed by atoms with van der Waals surface area (Å²) < 4.78 is 92.6. The zero-order chi connectivity index (χ0) is 54.4. The van der Waals surface area contributed by atoms with Crippen LogP contribution in [0.15, 0.2) is 119 Å². The Balaban J connectivity index is 0.000000186. The molecule has 4 aromatic heterocycles. The number of nitrogens with zero attached hydrogens (tertiary/aromatic N) is 4. The number of ketones is 1. The van der Waals surface area contributed by atoms with E-state index in [1.807, 2.05) is 24.5 Å². The molecule has 2 aliphatic rings. The van der Waals surface area contributed by atoms with E-state index in [-0.39, 0.29) is 52.1 Å². The van der Waals surface area contributed by atoms with Crippen LogP contribution >= 0.6 is 0 Å². The van der Waals surface area contributed by atoms with Crippen LogP contribution in [0.5, 0.6) is 0 Å². The molecular formula is C55H42F6N6O9. The van der Waals surface area contributed by atoms with E-state index in [1.165, 1.54) is 19.1 Å². The van der Waals surface area contributed by atoms with Gasteiger partial charge in [-0.05, 0) is 127 Å². The lowest BCUT2D eigenvalue weighted by Gasteiger charge is -2.24. The molecule has 3 N–H and O–H groups in total. The number of halogens is 6. The number of carboxylic acids is 1. The minimum atomic E-state index is -4.68. The maximum atomic E-state index is 13.1. The number of aromatic nitrogens is 4. The van der Waals surface area contributed by atoms with E-state index in [0.29, 0.717) is 88.7 Å². The zero-order valence-electron chi connectivity index (χ0n) is 40.4. The van der Waals surface area contributed by atoms with Gasteiger partial charge in [-0.25, -0.2) is 4.79 Å². The maximum Gasteiger partial charge on any atom is 0.433 e. The number of ether oxygens (including phenoxy) is 2. The van der Waals surface area contributed by atoms with Crippen LogP contribution in [0.25, 0.3) is 44.1 Å². The monoisotopic (exact) mass is 1040 g/mol. The number of nitrogens with one attached hydrogen (secondary N) is 2. The molecular weight excluding hydrogens is 1000 g/mol. The highest BCUT2D eigenvalue weighted by molar-refractivity contribution is 6.06. The summed E-state index contributed by atoms with van der Waals surface area (Å²) in [5.41, 5.74) is 3.71. The predicted molar refractivity (Wildman–Crippen MR) is 267 cm³/mol. The second-order valence-electron chi connectivity index (χ2n) is 17.9. The second-order valence-corrected chi connectivity index (χ2v) is 17.9.